The molecule has 1 saturated carbocycles. The summed E-state index contributed by atoms with van der Waals surface area (Å²) in [5, 5.41) is 67.1. The highest BCUT2D eigenvalue weighted by molar-refractivity contribution is 5.95. The van der Waals surface area contributed by atoms with Crippen LogP contribution in [0.4, 0.5) is 5.69 Å². The number of anilines is 1. The second-order valence-corrected chi connectivity index (χ2v) is 13.2. The summed E-state index contributed by atoms with van der Waals surface area (Å²) >= 11 is 0. The molecule has 1 aromatic carbocycles. The molecule has 5 rings (SSSR count). The molecule has 3 heterocycles. The summed E-state index contributed by atoms with van der Waals surface area (Å²) in [5.74, 6) is 1.65. The van der Waals surface area contributed by atoms with Gasteiger partial charge in [0, 0.05) is 36.4 Å². The largest absolute Gasteiger partial charge is 0.389 e. The van der Waals surface area contributed by atoms with Gasteiger partial charge in [-0.25, -0.2) is 0 Å². The van der Waals surface area contributed by atoms with Crippen LogP contribution in [0.5, 0.6) is 0 Å². The number of carbonyl (C=O) groups excluding carboxylic acids is 1. The van der Waals surface area contributed by atoms with E-state index in [9.17, 15) is 35.4 Å². The number of nitrogens with one attached hydrogen (secondary N) is 1. The first-order valence-electron chi connectivity index (χ1n) is 16.5. The van der Waals surface area contributed by atoms with Crippen molar-refractivity contribution in [2.75, 3.05) is 18.4 Å². The Labute approximate surface area is 293 Å². The first kappa shape index (κ1) is 39.7. The number of nitrogens with two attached hydrogens (primary N) is 6. The Hall–Kier alpha value is -2.47. The lowest BCUT2D eigenvalue weighted by molar-refractivity contribution is -0.306. The van der Waals surface area contributed by atoms with Crippen molar-refractivity contribution >= 4 is 11.6 Å². The van der Waals surface area contributed by atoms with Crippen LogP contribution in [0.1, 0.15) is 12.0 Å². The van der Waals surface area contributed by atoms with Gasteiger partial charge < -0.3 is 98.8 Å². The number of hydrogen-bond donors (Lipinski definition) is 13. The van der Waals surface area contributed by atoms with Crippen molar-refractivity contribution in [1.82, 2.24) is 0 Å². The molecular weight excluding hydrogens is 678 g/mol. The maximum atomic E-state index is 13.7. The van der Waals surface area contributed by atoms with Gasteiger partial charge in [0.1, 0.15) is 61.0 Å². The molecular formula is C31H49N7O13. The minimum absolute atomic E-state index is 0.0376. The Morgan fingerprint density at radius 2 is 1.22 bits per heavy atom. The number of ether oxygens (including phenoxy) is 6. The molecule has 4 fully saturated rings. The Morgan fingerprint density at radius 1 is 0.706 bits per heavy atom. The van der Waals surface area contributed by atoms with Crippen LogP contribution in [0.2, 0.25) is 0 Å². The van der Waals surface area contributed by atoms with Crippen LogP contribution >= 0.6 is 0 Å². The first-order chi connectivity index (χ1) is 24.2. The predicted molar refractivity (Wildman–Crippen MR) is 174 cm³/mol. The van der Waals surface area contributed by atoms with E-state index in [0.717, 1.165) is 0 Å². The van der Waals surface area contributed by atoms with Crippen molar-refractivity contribution < 1.29 is 63.9 Å². The van der Waals surface area contributed by atoms with Gasteiger partial charge >= 0.3 is 0 Å². The summed E-state index contributed by atoms with van der Waals surface area (Å²) in [4.78, 5) is 13.7. The van der Waals surface area contributed by atoms with Gasteiger partial charge in [-0.1, -0.05) is 5.92 Å². The van der Waals surface area contributed by atoms with Gasteiger partial charge in [-0.3, -0.25) is 4.79 Å². The zero-order valence-electron chi connectivity index (χ0n) is 27.5. The molecule has 0 bridgehead atoms. The highest BCUT2D eigenvalue weighted by Gasteiger charge is 2.56. The van der Waals surface area contributed by atoms with E-state index in [4.69, 9.17) is 69.2 Å². The molecule has 3 saturated heterocycles. The summed E-state index contributed by atoms with van der Waals surface area (Å²) in [6.45, 7) is -0.415. The van der Waals surface area contributed by atoms with Crippen LogP contribution in [-0.4, -0.2) is 166 Å². The number of terminal acetylenes is 1. The van der Waals surface area contributed by atoms with E-state index >= 15 is 0 Å². The molecule has 3 aliphatic heterocycles. The van der Waals surface area contributed by atoms with E-state index in [1.807, 2.05) is 0 Å². The van der Waals surface area contributed by atoms with Crippen LogP contribution in [0.3, 0.4) is 0 Å². The second kappa shape index (κ2) is 16.7. The van der Waals surface area contributed by atoms with Gasteiger partial charge in [-0.15, -0.1) is 6.42 Å². The third-order valence-corrected chi connectivity index (χ3v) is 9.67. The maximum absolute atomic E-state index is 13.7. The van der Waals surface area contributed by atoms with Crippen molar-refractivity contribution in [3.63, 3.8) is 0 Å². The molecule has 4 aliphatic rings. The first-order valence-corrected chi connectivity index (χ1v) is 16.5. The maximum Gasteiger partial charge on any atom is 0.256 e. The fourth-order valence-electron chi connectivity index (χ4n) is 6.59. The Balaban J connectivity index is 1.40. The van der Waals surface area contributed by atoms with E-state index in [0.29, 0.717) is 11.3 Å². The zero-order chi connectivity index (χ0) is 37.3. The van der Waals surface area contributed by atoms with Crippen molar-refractivity contribution in [2.24, 2.45) is 34.4 Å². The average molecular weight is 728 g/mol. The third-order valence-electron chi connectivity index (χ3n) is 9.67. The molecule has 5 unspecified atom stereocenters. The molecule has 20 heteroatoms. The molecule has 1 amide bonds. The number of carbonyl (C=O) groups is 1. The van der Waals surface area contributed by atoms with Crippen LogP contribution in [0.15, 0.2) is 24.3 Å². The van der Waals surface area contributed by atoms with Gasteiger partial charge in [0.15, 0.2) is 25.0 Å². The molecule has 19 N–H and O–H groups in total. The molecule has 51 heavy (non-hydrogen) atoms. The third kappa shape index (κ3) is 8.21. The van der Waals surface area contributed by atoms with Crippen molar-refractivity contribution in [2.45, 2.75) is 123 Å². The van der Waals surface area contributed by atoms with Crippen LogP contribution < -0.4 is 39.7 Å². The smallest absolute Gasteiger partial charge is 0.256 e. The van der Waals surface area contributed by atoms with Gasteiger partial charge in [0.25, 0.3) is 5.91 Å². The summed E-state index contributed by atoms with van der Waals surface area (Å²) in [5.41, 5.74) is 37.0. The van der Waals surface area contributed by atoms with E-state index in [-0.39, 0.29) is 19.5 Å². The number of aliphatic hydroxyl groups is 6. The average Bonchev–Trinajstić information content (AvgIpc) is 3.42. The van der Waals surface area contributed by atoms with E-state index < -0.39 is 122 Å². The van der Waals surface area contributed by atoms with E-state index in [1.165, 1.54) is 0 Å². The molecule has 19 atom stereocenters. The minimum atomic E-state index is -1.80. The molecule has 0 aromatic heterocycles. The molecule has 1 aliphatic carbocycles. The van der Waals surface area contributed by atoms with Crippen LogP contribution in [0, 0.1) is 12.3 Å². The van der Waals surface area contributed by atoms with Gasteiger partial charge in [-0.05, 0) is 30.7 Å². The summed E-state index contributed by atoms with van der Waals surface area (Å²) < 4.78 is 35.4. The standard InChI is InChI=1S/C31H49N7O13/c1-2-10-3-5-11(6-4-10)38-28(45)27-26(49-30-17(37)22(43)20(41)15(9-33)47-30)23(44)31(51-27)50-25-18(39)12(34)7-13(35)24(25)48-29-16(36)21(42)19(40)14(8-32)46-29/h1,3-6,12-27,29-31,39-44H,7-9,32-37H2,(H,38,45)/t12-,13?,14?,15+,16+,17?,18-,19-,20-,21-,22?,23-,24-,25-,26?,27+,29-,30-,31-/m1/s1. The minimum Gasteiger partial charge on any atom is -0.389 e. The summed E-state index contributed by atoms with van der Waals surface area (Å²) in [6, 6.07) is 1.76. The normalized spacial score (nSPS) is 46.0. The summed E-state index contributed by atoms with van der Waals surface area (Å²) in [7, 11) is 0. The van der Waals surface area contributed by atoms with Crippen molar-refractivity contribution in [1.29, 1.82) is 0 Å². The van der Waals surface area contributed by atoms with E-state index in [2.05, 4.69) is 11.2 Å². The van der Waals surface area contributed by atoms with Gasteiger partial charge in [0.05, 0.1) is 18.2 Å². The van der Waals surface area contributed by atoms with Crippen LogP contribution in [0.25, 0.3) is 0 Å². The van der Waals surface area contributed by atoms with Gasteiger partial charge in [-0.2, -0.15) is 0 Å². The second-order valence-electron chi connectivity index (χ2n) is 13.2. The molecule has 20 nitrogen and oxygen atoms in total. The molecule has 0 radical (unpaired) electrons. The highest BCUT2D eigenvalue weighted by atomic mass is 16.8. The number of benzene rings is 1. The SMILES string of the molecule is C#Cc1ccc(NC(=O)[C@H]2O[C@@H](O[C@@H]3[C@H](O)[C@H](N)CC(N)[C@H]3O[C@H]3OC(CN)[C@@H](O)[C@H](O)[C@@H]3N)[C@H](O)C2O[C@H]2O[C@@H](CN)[C@@H](O)C(O)C2N)cc1. The lowest BCUT2D eigenvalue weighted by Gasteiger charge is -2.47. The molecule has 1 aromatic rings. The predicted octanol–water partition coefficient (Wildman–Crippen LogP) is -7.27. The van der Waals surface area contributed by atoms with Crippen LogP contribution in [-0.2, 0) is 33.2 Å². The monoisotopic (exact) mass is 727 g/mol. The van der Waals surface area contributed by atoms with Gasteiger partial charge in [0.2, 0.25) is 0 Å². The molecule has 286 valence electrons. The quantitative estimate of drug-likeness (QED) is 0.0995. The zero-order valence-corrected chi connectivity index (χ0v) is 27.5. The van der Waals surface area contributed by atoms with Crippen molar-refractivity contribution in [3.05, 3.63) is 29.8 Å². The fourth-order valence-corrected chi connectivity index (χ4v) is 6.59. The topological polar surface area (TPSA) is 362 Å². The lowest BCUT2D eigenvalue weighted by Crippen LogP contribution is -2.68. The van der Waals surface area contributed by atoms with E-state index in [1.54, 1.807) is 24.3 Å². The Morgan fingerprint density at radius 3 is 1.73 bits per heavy atom. The number of amides is 1. The number of rotatable bonds is 10. The summed E-state index contributed by atoms with van der Waals surface area (Å²) in [6.07, 6.45) is -16.4. The Kier molecular flexibility index (Phi) is 13.0. The van der Waals surface area contributed by atoms with Crippen molar-refractivity contribution in [3.8, 4) is 12.3 Å². The number of hydrogen-bond acceptors (Lipinski definition) is 19. The molecule has 0 spiro atoms. The number of aliphatic hydroxyl groups excluding tert-OH is 6. The Bertz CT molecular complexity index is 1360. The fraction of sp³-hybridized carbons (Fsp3) is 0.710. The highest BCUT2D eigenvalue weighted by Crippen LogP contribution is 2.35. The lowest BCUT2D eigenvalue weighted by atomic mass is 9.84.